The molecule has 0 spiro atoms. The van der Waals surface area contributed by atoms with Gasteiger partial charge in [0, 0.05) is 30.4 Å². The Labute approximate surface area is 189 Å². The Kier molecular flexibility index (Phi) is 6.74. The lowest BCUT2D eigenvalue weighted by atomic mass is 10.0. The highest BCUT2D eigenvalue weighted by Crippen LogP contribution is 2.26. The summed E-state index contributed by atoms with van der Waals surface area (Å²) in [5.74, 6) is 0.917. The van der Waals surface area contributed by atoms with Crippen molar-refractivity contribution in [2.24, 2.45) is 0 Å². The number of rotatable bonds is 8. The highest BCUT2D eigenvalue weighted by atomic mass is 16.5. The number of ether oxygens (including phenoxy) is 1. The van der Waals surface area contributed by atoms with E-state index in [0.717, 1.165) is 47.1 Å². The first-order chi connectivity index (χ1) is 15.5. The van der Waals surface area contributed by atoms with E-state index in [4.69, 9.17) is 4.74 Å². The van der Waals surface area contributed by atoms with Crippen LogP contribution in [0.25, 0.3) is 5.65 Å². The molecule has 0 saturated carbocycles. The van der Waals surface area contributed by atoms with Gasteiger partial charge in [-0.2, -0.15) is 5.10 Å². The molecule has 3 aromatic rings. The fourth-order valence-corrected chi connectivity index (χ4v) is 4.68. The summed E-state index contributed by atoms with van der Waals surface area (Å²) < 4.78 is 7.18. The maximum atomic E-state index is 12.8. The topological polar surface area (TPSA) is 71.8 Å². The quantitative estimate of drug-likeness (QED) is 0.586. The Bertz CT molecular complexity index is 1080. The van der Waals surface area contributed by atoms with Crippen LogP contribution in [0.2, 0.25) is 0 Å². The maximum Gasteiger partial charge on any atom is 0.220 e. The number of fused-ring (bicyclic) bond motifs is 1. The van der Waals surface area contributed by atoms with Gasteiger partial charge in [0.25, 0.3) is 0 Å². The van der Waals surface area contributed by atoms with Gasteiger partial charge >= 0.3 is 0 Å². The summed E-state index contributed by atoms with van der Waals surface area (Å²) in [6, 6.07) is 10.4. The third kappa shape index (κ3) is 4.78. The van der Waals surface area contributed by atoms with Crippen LogP contribution >= 0.6 is 0 Å². The second-order valence-corrected chi connectivity index (χ2v) is 8.65. The third-order valence-electron chi connectivity index (χ3n) is 6.46. The predicted octanol–water partition coefficient (Wildman–Crippen LogP) is 3.55. The number of benzene rings is 1. The van der Waals surface area contributed by atoms with Gasteiger partial charge in [-0.15, -0.1) is 0 Å². The van der Waals surface area contributed by atoms with Gasteiger partial charge in [-0.1, -0.05) is 12.1 Å². The van der Waals surface area contributed by atoms with Crippen molar-refractivity contribution < 1.29 is 9.53 Å². The molecule has 0 aliphatic carbocycles. The van der Waals surface area contributed by atoms with Gasteiger partial charge in [0.05, 0.1) is 18.8 Å². The largest absolute Gasteiger partial charge is 0.497 e. The number of aromatic nitrogens is 3. The molecule has 3 heterocycles. The Morgan fingerprint density at radius 1 is 1.16 bits per heavy atom. The highest BCUT2D eigenvalue weighted by Gasteiger charge is 2.24. The molecule has 0 unspecified atom stereocenters. The molecule has 1 N–H and O–H groups in total. The van der Waals surface area contributed by atoms with Gasteiger partial charge in [-0.3, -0.25) is 9.69 Å². The highest BCUT2D eigenvalue weighted by molar-refractivity contribution is 5.76. The number of likely N-dealkylation sites (tertiary alicyclic amines) is 1. The Morgan fingerprint density at radius 3 is 2.56 bits per heavy atom. The lowest BCUT2D eigenvalue weighted by Gasteiger charge is -2.28. The summed E-state index contributed by atoms with van der Waals surface area (Å²) in [7, 11) is 1.68. The average Bonchev–Trinajstić information content (AvgIpc) is 3.44. The van der Waals surface area contributed by atoms with E-state index in [2.05, 4.69) is 39.4 Å². The number of carbonyl (C=O) groups excluding carboxylic acids is 1. The zero-order valence-corrected chi connectivity index (χ0v) is 19.5. The second kappa shape index (κ2) is 9.69. The van der Waals surface area contributed by atoms with Crippen molar-refractivity contribution in [2.45, 2.75) is 52.5 Å². The van der Waals surface area contributed by atoms with Crippen LogP contribution in [0.4, 0.5) is 0 Å². The van der Waals surface area contributed by atoms with Gasteiger partial charge in [0.1, 0.15) is 5.75 Å². The first-order valence-corrected chi connectivity index (χ1v) is 11.4. The molecule has 7 nitrogen and oxygen atoms in total. The van der Waals surface area contributed by atoms with Crippen molar-refractivity contribution >= 4 is 11.6 Å². The van der Waals surface area contributed by atoms with E-state index in [9.17, 15) is 4.79 Å². The molecule has 1 atom stereocenters. The molecule has 1 aromatic carbocycles. The van der Waals surface area contributed by atoms with E-state index in [-0.39, 0.29) is 11.9 Å². The maximum absolute atomic E-state index is 12.8. The Balaban J connectivity index is 1.41. The molecule has 4 rings (SSSR count). The Hall–Kier alpha value is -2.93. The number of amides is 1. The molecule has 1 fully saturated rings. The zero-order valence-electron chi connectivity index (χ0n) is 19.5. The van der Waals surface area contributed by atoms with Crippen LogP contribution in [-0.2, 0) is 11.2 Å². The number of nitrogens with one attached hydrogen (secondary N) is 1. The number of hydrogen-bond donors (Lipinski definition) is 1. The van der Waals surface area contributed by atoms with Gasteiger partial charge < -0.3 is 10.1 Å². The van der Waals surface area contributed by atoms with E-state index < -0.39 is 0 Å². The van der Waals surface area contributed by atoms with E-state index in [1.165, 1.54) is 18.4 Å². The van der Waals surface area contributed by atoms with Crippen molar-refractivity contribution in [2.75, 3.05) is 26.7 Å². The molecule has 7 heteroatoms. The number of methoxy groups -OCH3 is 1. The number of hydrogen-bond acceptors (Lipinski definition) is 5. The van der Waals surface area contributed by atoms with Crippen molar-refractivity contribution in [1.29, 1.82) is 0 Å². The lowest BCUT2D eigenvalue weighted by molar-refractivity contribution is -0.121. The van der Waals surface area contributed by atoms with Crippen LogP contribution < -0.4 is 10.1 Å². The molecule has 1 aliphatic heterocycles. The van der Waals surface area contributed by atoms with Crippen molar-refractivity contribution in [1.82, 2.24) is 24.8 Å². The Morgan fingerprint density at radius 2 is 1.88 bits per heavy atom. The molecule has 1 saturated heterocycles. The molecular formula is C25H33N5O2. The van der Waals surface area contributed by atoms with Crippen molar-refractivity contribution in [3.8, 4) is 5.75 Å². The summed E-state index contributed by atoms with van der Waals surface area (Å²) in [5.41, 5.74) is 6.14. The van der Waals surface area contributed by atoms with E-state index in [1.807, 2.05) is 36.6 Å². The number of nitrogens with zero attached hydrogens (tertiary/aromatic N) is 4. The molecule has 0 radical (unpaired) electrons. The van der Waals surface area contributed by atoms with Crippen LogP contribution in [0.1, 0.15) is 53.5 Å². The predicted molar refractivity (Wildman–Crippen MR) is 125 cm³/mol. The SMILES string of the molecule is COc1ccc([C@@H](CNC(=O)CCc2c(C)nc3cc(C)nn3c2C)N2CCCC2)cc1. The molecule has 1 aliphatic rings. The van der Waals surface area contributed by atoms with Crippen LogP contribution in [-0.4, -0.2) is 52.1 Å². The zero-order chi connectivity index (χ0) is 22.7. The van der Waals surface area contributed by atoms with E-state index >= 15 is 0 Å². The van der Waals surface area contributed by atoms with Crippen LogP contribution in [0, 0.1) is 20.8 Å². The first-order valence-electron chi connectivity index (χ1n) is 11.4. The monoisotopic (exact) mass is 435 g/mol. The molecular weight excluding hydrogens is 402 g/mol. The summed E-state index contributed by atoms with van der Waals surface area (Å²) in [6.45, 7) is 8.78. The summed E-state index contributed by atoms with van der Waals surface area (Å²) in [5, 5.41) is 7.71. The molecule has 170 valence electrons. The summed E-state index contributed by atoms with van der Waals surface area (Å²) >= 11 is 0. The van der Waals surface area contributed by atoms with Gasteiger partial charge in [-0.25, -0.2) is 9.50 Å². The van der Waals surface area contributed by atoms with E-state index in [1.54, 1.807) is 7.11 Å². The van der Waals surface area contributed by atoms with Crippen LogP contribution in [0.5, 0.6) is 5.75 Å². The van der Waals surface area contributed by atoms with E-state index in [0.29, 0.717) is 19.4 Å². The first kappa shape index (κ1) is 22.3. The van der Waals surface area contributed by atoms with Gasteiger partial charge in [0.2, 0.25) is 5.91 Å². The molecule has 1 amide bonds. The minimum atomic E-state index is 0.0678. The van der Waals surface area contributed by atoms with Gasteiger partial charge in [0.15, 0.2) is 5.65 Å². The second-order valence-electron chi connectivity index (χ2n) is 8.65. The summed E-state index contributed by atoms with van der Waals surface area (Å²) in [6.07, 6.45) is 3.51. The molecule has 32 heavy (non-hydrogen) atoms. The summed E-state index contributed by atoms with van der Waals surface area (Å²) in [4.78, 5) is 19.9. The van der Waals surface area contributed by atoms with Crippen molar-refractivity contribution in [3.05, 3.63) is 58.5 Å². The number of carbonyl (C=O) groups is 1. The average molecular weight is 436 g/mol. The number of aryl methyl sites for hydroxylation is 3. The smallest absolute Gasteiger partial charge is 0.220 e. The van der Waals surface area contributed by atoms with Crippen LogP contribution in [0.15, 0.2) is 30.3 Å². The normalized spacial score (nSPS) is 15.2. The fraction of sp³-hybridized carbons (Fsp3) is 0.480. The standard InChI is InChI=1S/C25H33N5O2/c1-17-15-24-27-18(2)22(19(3)30(24)28-17)11-12-25(31)26-16-23(29-13-5-6-14-29)20-7-9-21(32-4)10-8-20/h7-10,15,23H,5-6,11-14,16H2,1-4H3,(H,26,31)/t23-/m1/s1. The minimum absolute atomic E-state index is 0.0678. The van der Waals surface area contributed by atoms with Crippen molar-refractivity contribution in [3.63, 3.8) is 0 Å². The molecule has 0 bridgehead atoms. The lowest BCUT2D eigenvalue weighted by Crippen LogP contribution is -2.36. The minimum Gasteiger partial charge on any atom is -0.497 e. The van der Waals surface area contributed by atoms with Crippen LogP contribution in [0.3, 0.4) is 0 Å². The van der Waals surface area contributed by atoms with Gasteiger partial charge in [-0.05, 0) is 76.4 Å². The molecule has 2 aromatic heterocycles. The third-order valence-corrected chi connectivity index (χ3v) is 6.46. The fourth-order valence-electron chi connectivity index (χ4n) is 4.68.